The summed E-state index contributed by atoms with van der Waals surface area (Å²) >= 11 is 0. The van der Waals surface area contributed by atoms with Crippen LogP contribution in [0.3, 0.4) is 0 Å². The fraction of sp³-hybridized carbons (Fsp3) is 0.789. The molecular weight excluding hydrogens is 1760 g/mol. The van der Waals surface area contributed by atoms with Crippen LogP contribution in [0.1, 0.15) is 62.0 Å². The first-order valence-electron chi connectivity index (χ1n) is 41.8. The second kappa shape index (κ2) is 62.6. The molecule has 12 atom stereocenters. The fourth-order valence-electron chi connectivity index (χ4n) is 11.9. The standard InChI is InChI=1S/C76H119F9N16O28/c77-74(78,79)57-5-12-90-70(97-57)94-51-42-127-54(67(109)64(51)106)45-121-39-36-118-33-30-115-27-24-112-21-15-87-60(102)8-18-124-48-73(100-63(105)4-2-1-3-11-93-101-86,49-125-19-9-61(103)88-16-22-113-25-28-116-31-34-119-37-40-122-46-55-68(110)65(107)52(43-128-55)95-71-91-13-6-58(98-71)75(80,81)82)50-126-20-10-62(104)89-17-23-114-26-29-117-32-35-120-38-41-123-47-56-69(111)66(108)53(44-129-56)96-72-92-14-7-59(99-72)76(83,84)85/h5-7,12-14,51-56,64-69,106-111H,1-4,8-11,15-50H2,(H,87,102)(H,88,103)(H,89,104)(H,100,105)(H,90,94,97)(H,91,95,98)(H,92,96,99)/t51-,52-,53-,54+,55+,56+,64+,65+,66+,67-,68-,69-/m0/s1. The predicted molar refractivity (Wildman–Crippen MR) is 427 cm³/mol. The minimum Gasteiger partial charge on any atom is -0.388 e. The van der Waals surface area contributed by atoms with E-state index in [0.29, 0.717) is 37.5 Å². The van der Waals surface area contributed by atoms with Crippen molar-refractivity contribution < 1.29 is 175 Å². The summed E-state index contributed by atoms with van der Waals surface area (Å²) in [6, 6.07) is -0.916. The van der Waals surface area contributed by atoms with Crippen molar-refractivity contribution in [2.75, 3.05) is 260 Å². The van der Waals surface area contributed by atoms with Gasteiger partial charge in [-0.05, 0) is 36.6 Å². The van der Waals surface area contributed by atoms with Gasteiger partial charge in [0.15, 0.2) is 0 Å². The predicted octanol–water partition coefficient (Wildman–Crippen LogP) is -0.290. The van der Waals surface area contributed by atoms with Crippen LogP contribution >= 0.6 is 0 Å². The van der Waals surface area contributed by atoms with Gasteiger partial charge in [-0.3, -0.25) is 19.2 Å². The third-order valence-electron chi connectivity index (χ3n) is 18.8. The molecule has 0 saturated carbocycles. The number of carbonyl (C=O) groups excluding carboxylic acids is 4. The van der Waals surface area contributed by atoms with Crippen LogP contribution in [0.4, 0.5) is 57.4 Å². The van der Waals surface area contributed by atoms with E-state index in [9.17, 15) is 89.3 Å². The van der Waals surface area contributed by atoms with Crippen molar-refractivity contribution in [3.05, 3.63) is 64.3 Å². The normalized spacial score (nSPS) is 21.0. The third-order valence-corrected chi connectivity index (χ3v) is 18.8. The van der Waals surface area contributed by atoms with E-state index in [0.717, 1.165) is 18.6 Å². The van der Waals surface area contributed by atoms with Crippen LogP contribution < -0.4 is 37.2 Å². The first-order valence-corrected chi connectivity index (χ1v) is 41.8. The number of ether oxygens (including phenoxy) is 18. The molecule has 3 aromatic rings. The number of amides is 4. The molecular formula is C76H119F9N16O28. The maximum atomic E-state index is 13.7. The number of aromatic nitrogens is 6. The number of anilines is 3. The molecule has 129 heavy (non-hydrogen) atoms. The second-order valence-electron chi connectivity index (χ2n) is 28.9. The van der Waals surface area contributed by atoms with E-state index in [-0.39, 0.29) is 288 Å². The molecule has 0 bridgehead atoms. The lowest BCUT2D eigenvalue weighted by atomic mass is 9.98. The van der Waals surface area contributed by atoms with Crippen LogP contribution in [-0.4, -0.2) is 407 Å². The largest absolute Gasteiger partial charge is 0.433 e. The molecule has 3 fully saturated rings. The molecule has 3 saturated heterocycles. The van der Waals surface area contributed by atoms with Crippen LogP contribution in [0.25, 0.3) is 10.4 Å². The average Bonchev–Trinajstić information content (AvgIpc) is 0.830. The number of hydrogen-bond acceptors (Lipinski definition) is 38. The van der Waals surface area contributed by atoms with Gasteiger partial charge in [0.1, 0.15) is 77.6 Å². The minimum absolute atomic E-state index is 0.0374. The number of halogens is 9. The first kappa shape index (κ1) is 110. The lowest BCUT2D eigenvalue weighted by Gasteiger charge is -2.37. The number of alkyl halides is 9. The fourth-order valence-corrected chi connectivity index (χ4v) is 11.9. The van der Waals surface area contributed by atoms with Gasteiger partial charge in [0.2, 0.25) is 41.5 Å². The van der Waals surface area contributed by atoms with Crippen LogP contribution in [0.5, 0.6) is 0 Å². The molecule has 0 radical (unpaired) electrons. The monoisotopic (exact) mass is 1870 g/mol. The Balaban J connectivity index is 0.839. The van der Waals surface area contributed by atoms with Crippen molar-refractivity contribution in [1.29, 1.82) is 0 Å². The highest BCUT2D eigenvalue weighted by Gasteiger charge is 2.44. The van der Waals surface area contributed by atoms with Crippen molar-refractivity contribution >= 4 is 41.5 Å². The zero-order chi connectivity index (χ0) is 93.4. The molecule has 6 heterocycles. The van der Waals surface area contributed by atoms with E-state index < -0.39 is 138 Å². The minimum atomic E-state index is -4.71. The van der Waals surface area contributed by atoms with E-state index in [1.807, 2.05) is 0 Å². The molecule has 3 aromatic heterocycles. The summed E-state index contributed by atoms with van der Waals surface area (Å²) in [5.74, 6) is -2.78. The Kier molecular flexibility index (Phi) is 53.4. The van der Waals surface area contributed by atoms with Crippen LogP contribution in [0.15, 0.2) is 41.9 Å². The van der Waals surface area contributed by atoms with Gasteiger partial charge in [-0.15, -0.1) is 0 Å². The number of nitrogens with zero attached hydrogens (tertiary/aromatic N) is 9. The van der Waals surface area contributed by atoms with Crippen LogP contribution in [0.2, 0.25) is 0 Å². The Morgan fingerprint density at radius 1 is 0.372 bits per heavy atom. The van der Waals surface area contributed by atoms with E-state index in [4.69, 9.17) is 90.8 Å². The number of azide groups is 1. The van der Waals surface area contributed by atoms with Gasteiger partial charge in [0.05, 0.1) is 236 Å². The number of unbranched alkanes of at least 4 members (excludes halogenated alkanes) is 2. The number of carbonyl (C=O) groups is 4. The number of hydrogen-bond donors (Lipinski definition) is 13. The van der Waals surface area contributed by atoms with Gasteiger partial charge in [-0.1, -0.05) is 11.5 Å². The highest BCUT2D eigenvalue weighted by molar-refractivity contribution is 5.77. The maximum absolute atomic E-state index is 13.7. The molecule has 0 spiro atoms. The molecule has 0 unspecified atom stereocenters. The number of aliphatic hydroxyl groups is 6. The Morgan fingerprint density at radius 3 is 0.930 bits per heavy atom. The van der Waals surface area contributed by atoms with Gasteiger partial charge in [0, 0.05) is 75.4 Å². The van der Waals surface area contributed by atoms with Crippen LogP contribution in [0, 0.1) is 0 Å². The third kappa shape index (κ3) is 46.0. The molecule has 3 aliphatic heterocycles. The molecule has 734 valence electrons. The molecule has 44 nitrogen and oxygen atoms in total. The Morgan fingerprint density at radius 2 is 0.651 bits per heavy atom. The van der Waals surface area contributed by atoms with Gasteiger partial charge >= 0.3 is 18.5 Å². The second-order valence-corrected chi connectivity index (χ2v) is 28.9. The van der Waals surface area contributed by atoms with E-state index in [2.05, 4.69) is 77.1 Å². The average molecular weight is 1880 g/mol. The van der Waals surface area contributed by atoms with Crippen LogP contribution in [-0.2, 0) is 123 Å². The lowest BCUT2D eigenvalue weighted by molar-refractivity contribution is -0.161. The van der Waals surface area contributed by atoms with E-state index >= 15 is 0 Å². The molecule has 6 rings (SSSR count). The molecule has 0 aromatic carbocycles. The van der Waals surface area contributed by atoms with Gasteiger partial charge < -0.3 is 153 Å². The summed E-state index contributed by atoms with van der Waals surface area (Å²) in [5, 5.41) is 85.9. The lowest BCUT2D eigenvalue weighted by Crippen LogP contribution is -2.58. The molecule has 0 aliphatic carbocycles. The van der Waals surface area contributed by atoms with E-state index in [1.54, 1.807) is 0 Å². The highest BCUT2D eigenvalue weighted by atomic mass is 19.4. The zero-order valence-electron chi connectivity index (χ0n) is 71.1. The van der Waals surface area contributed by atoms with Crippen molar-refractivity contribution in [2.24, 2.45) is 5.11 Å². The van der Waals surface area contributed by atoms with Gasteiger partial charge in [-0.2, -0.15) is 39.5 Å². The summed E-state index contributed by atoms with van der Waals surface area (Å²) in [4.78, 5) is 76.7. The smallest absolute Gasteiger partial charge is 0.388 e. The number of rotatable bonds is 70. The molecule has 3 aliphatic rings. The summed E-state index contributed by atoms with van der Waals surface area (Å²) in [7, 11) is 0. The number of nitrogens with one attached hydrogen (secondary N) is 7. The van der Waals surface area contributed by atoms with E-state index in [1.165, 1.54) is 0 Å². The molecule has 53 heteroatoms. The Bertz CT molecular complexity index is 3310. The van der Waals surface area contributed by atoms with Crippen molar-refractivity contribution in [1.82, 2.24) is 51.2 Å². The van der Waals surface area contributed by atoms with Gasteiger partial charge in [-0.25, -0.2) is 29.9 Å². The Hall–Kier alpha value is -7.76. The zero-order valence-corrected chi connectivity index (χ0v) is 71.1. The SMILES string of the molecule is [N-]=[N+]=NCCCCCC(=O)NC(COCCC(=O)NCCOCCOCCOCCOC[C@H]1OC[C@H](Nc2nccc(C(F)(F)F)n2)[C@@H](O)[C@H]1O)(COCCC(=O)NCCOCCOCCOCCOC[C@H]1OC[C@H](Nc2nccc(C(F)(F)F)n2)[C@@H](O)[C@H]1O)COCCC(=O)NCCOCCOCCOCCOC[C@H]1OC[C@H](Nc2nccc(C(F)(F)F)n2)[C@@H](O)[C@H]1O. The summed E-state index contributed by atoms with van der Waals surface area (Å²) in [6.07, 6.45) is -21.6. The molecule has 13 N–H and O–H groups in total. The quantitative estimate of drug-likeness (QED) is 0.0114. The van der Waals surface area contributed by atoms with Gasteiger partial charge in [0.25, 0.3) is 0 Å². The van der Waals surface area contributed by atoms with Crippen molar-refractivity contribution in [2.45, 2.75) is 142 Å². The first-order chi connectivity index (χ1) is 62.0. The summed E-state index contributed by atoms with van der Waals surface area (Å²) in [6.45, 7) is 2.20. The highest BCUT2D eigenvalue weighted by Crippen LogP contribution is 2.32. The maximum Gasteiger partial charge on any atom is 0.433 e. The Labute approximate surface area is 736 Å². The summed E-state index contributed by atoms with van der Waals surface area (Å²) in [5.41, 5.74) is 3.73. The van der Waals surface area contributed by atoms with Crippen molar-refractivity contribution in [3.8, 4) is 0 Å². The topological polar surface area (TPSA) is 566 Å². The van der Waals surface area contributed by atoms with Crippen molar-refractivity contribution in [3.63, 3.8) is 0 Å². The summed E-state index contributed by atoms with van der Waals surface area (Å²) < 4.78 is 219. The number of aliphatic hydroxyl groups excluding tert-OH is 6. The molecule has 4 amide bonds.